The number of carboxylic acid groups (broad SMARTS) is 1. The first-order valence-electron chi connectivity index (χ1n) is 8.45. The lowest BCUT2D eigenvalue weighted by molar-refractivity contribution is -0.143. The molecule has 0 aliphatic heterocycles. The van der Waals surface area contributed by atoms with Crippen molar-refractivity contribution < 1.29 is 9.90 Å². The van der Waals surface area contributed by atoms with Gasteiger partial charge in [0, 0.05) is 0 Å². The van der Waals surface area contributed by atoms with Gasteiger partial charge in [0.2, 0.25) is 0 Å². The Labute approximate surface area is 145 Å². The van der Waals surface area contributed by atoms with Crippen molar-refractivity contribution in [2.75, 3.05) is 0 Å². The van der Waals surface area contributed by atoms with E-state index >= 15 is 0 Å². The predicted octanol–water partition coefficient (Wildman–Crippen LogP) is 5.43. The molecule has 0 fully saturated rings. The van der Waals surface area contributed by atoms with Crippen molar-refractivity contribution in [1.82, 2.24) is 0 Å². The second-order valence-electron chi connectivity index (χ2n) is 6.73. The zero-order valence-corrected chi connectivity index (χ0v) is 13.6. The van der Waals surface area contributed by atoms with Crippen molar-refractivity contribution in [1.29, 1.82) is 0 Å². The Morgan fingerprint density at radius 2 is 1.80 bits per heavy atom. The molecule has 1 atom stereocenters. The summed E-state index contributed by atoms with van der Waals surface area (Å²) < 4.78 is 0. The number of allylic oxidation sites excluding steroid dienone is 3. The molecule has 3 aromatic carbocycles. The van der Waals surface area contributed by atoms with E-state index in [1.807, 2.05) is 36.4 Å². The topological polar surface area (TPSA) is 37.3 Å². The summed E-state index contributed by atoms with van der Waals surface area (Å²) in [5.74, 6) is -0.788. The number of benzene rings is 3. The minimum Gasteiger partial charge on any atom is -0.480 e. The second kappa shape index (κ2) is 4.93. The summed E-state index contributed by atoms with van der Waals surface area (Å²) in [4.78, 5) is 12.0. The highest BCUT2D eigenvalue weighted by molar-refractivity contribution is 6.13. The Hall–Kier alpha value is -3.13. The van der Waals surface area contributed by atoms with Crippen molar-refractivity contribution >= 4 is 39.2 Å². The fourth-order valence-electron chi connectivity index (χ4n) is 4.19. The number of rotatable bonds is 1. The molecular weight excluding hydrogens is 308 g/mol. The Morgan fingerprint density at radius 1 is 0.960 bits per heavy atom. The number of aliphatic carboxylic acids is 1. The van der Waals surface area contributed by atoms with Gasteiger partial charge in [-0.3, -0.25) is 4.79 Å². The molecule has 2 aliphatic rings. The third-order valence-electron chi connectivity index (χ3n) is 5.49. The SMILES string of the molecule is O=C(O)C12C=Cc3c(ccc4c3ccc3ccccc34)C1=CC=CC2. The molecular formula is C23H16O2. The van der Waals surface area contributed by atoms with Crippen LogP contribution in [0, 0.1) is 5.41 Å². The van der Waals surface area contributed by atoms with Crippen molar-refractivity contribution in [3.05, 3.63) is 84.0 Å². The van der Waals surface area contributed by atoms with Crippen LogP contribution in [0.3, 0.4) is 0 Å². The maximum atomic E-state index is 12.0. The molecule has 1 unspecified atom stereocenters. The number of carboxylic acids is 1. The summed E-state index contributed by atoms with van der Waals surface area (Å²) in [5, 5.41) is 14.7. The monoisotopic (exact) mass is 324 g/mol. The molecule has 0 saturated heterocycles. The van der Waals surface area contributed by atoms with Gasteiger partial charge in [0.25, 0.3) is 0 Å². The lowest BCUT2D eigenvalue weighted by Crippen LogP contribution is -2.32. The summed E-state index contributed by atoms with van der Waals surface area (Å²) in [6.07, 6.45) is 10.2. The van der Waals surface area contributed by atoms with Gasteiger partial charge in [-0.1, -0.05) is 78.9 Å². The van der Waals surface area contributed by atoms with E-state index in [1.165, 1.54) is 21.5 Å². The van der Waals surface area contributed by atoms with E-state index in [0.717, 1.165) is 16.7 Å². The molecule has 120 valence electrons. The predicted molar refractivity (Wildman–Crippen MR) is 102 cm³/mol. The molecule has 3 aromatic rings. The first-order chi connectivity index (χ1) is 12.2. The van der Waals surface area contributed by atoms with E-state index in [2.05, 4.69) is 42.5 Å². The Balaban J connectivity index is 1.86. The van der Waals surface area contributed by atoms with Gasteiger partial charge in [-0.25, -0.2) is 0 Å². The van der Waals surface area contributed by atoms with Gasteiger partial charge >= 0.3 is 5.97 Å². The highest BCUT2D eigenvalue weighted by atomic mass is 16.4. The molecule has 25 heavy (non-hydrogen) atoms. The summed E-state index contributed by atoms with van der Waals surface area (Å²) in [7, 11) is 0. The maximum absolute atomic E-state index is 12.0. The zero-order valence-electron chi connectivity index (χ0n) is 13.6. The maximum Gasteiger partial charge on any atom is 0.318 e. The number of carbonyl (C=O) groups is 1. The summed E-state index contributed by atoms with van der Waals surface area (Å²) in [5.41, 5.74) is 2.08. The molecule has 2 aliphatic carbocycles. The average molecular weight is 324 g/mol. The molecule has 1 N–H and O–H groups in total. The smallest absolute Gasteiger partial charge is 0.318 e. The van der Waals surface area contributed by atoms with Crippen LogP contribution in [0.25, 0.3) is 33.2 Å². The molecule has 2 heteroatoms. The first kappa shape index (κ1) is 14.2. The standard InChI is InChI=1S/C23H16O2/c24-22(25)23-13-4-3-7-21(23)20-11-10-17-16-6-2-1-5-15(16)8-9-18(17)19(20)12-14-23/h1-12,14H,13H2,(H,24,25). The number of hydrogen-bond donors (Lipinski definition) is 1. The third-order valence-corrected chi connectivity index (χ3v) is 5.49. The van der Waals surface area contributed by atoms with Crippen LogP contribution in [0.5, 0.6) is 0 Å². The average Bonchev–Trinajstić information content (AvgIpc) is 2.66. The van der Waals surface area contributed by atoms with E-state index in [0.29, 0.717) is 6.42 Å². The lowest BCUT2D eigenvalue weighted by atomic mass is 9.67. The molecule has 0 amide bonds. The van der Waals surface area contributed by atoms with E-state index < -0.39 is 11.4 Å². The van der Waals surface area contributed by atoms with E-state index in [4.69, 9.17) is 0 Å². The van der Waals surface area contributed by atoms with Gasteiger partial charge in [-0.05, 0) is 44.7 Å². The van der Waals surface area contributed by atoms with Gasteiger partial charge in [0.05, 0.1) is 0 Å². The highest BCUT2D eigenvalue weighted by Gasteiger charge is 2.43. The normalized spacial score (nSPS) is 21.0. The van der Waals surface area contributed by atoms with Crippen LogP contribution in [-0.4, -0.2) is 11.1 Å². The van der Waals surface area contributed by atoms with E-state index in [-0.39, 0.29) is 0 Å². The Bertz CT molecular complexity index is 1150. The summed E-state index contributed by atoms with van der Waals surface area (Å²) in [6.45, 7) is 0. The fraction of sp³-hybridized carbons (Fsp3) is 0.0870. The molecule has 0 radical (unpaired) electrons. The third kappa shape index (κ3) is 1.82. The summed E-state index contributed by atoms with van der Waals surface area (Å²) in [6, 6.07) is 16.9. The lowest BCUT2D eigenvalue weighted by Gasteiger charge is -2.34. The summed E-state index contributed by atoms with van der Waals surface area (Å²) >= 11 is 0. The first-order valence-corrected chi connectivity index (χ1v) is 8.45. The quantitative estimate of drug-likeness (QED) is 0.606. The zero-order chi connectivity index (χ0) is 17.0. The molecule has 0 heterocycles. The molecule has 5 rings (SSSR count). The van der Waals surface area contributed by atoms with Gasteiger partial charge in [-0.2, -0.15) is 0 Å². The van der Waals surface area contributed by atoms with Gasteiger partial charge in [0.15, 0.2) is 0 Å². The van der Waals surface area contributed by atoms with E-state index in [9.17, 15) is 9.90 Å². The van der Waals surface area contributed by atoms with Gasteiger partial charge < -0.3 is 5.11 Å². The van der Waals surface area contributed by atoms with Crippen LogP contribution in [0.1, 0.15) is 17.5 Å². The number of hydrogen-bond acceptors (Lipinski definition) is 1. The molecule has 0 bridgehead atoms. The van der Waals surface area contributed by atoms with Crippen LogP contribution in [0.15, 0.2) is 72.8 Å². The van der Waals surface area contributed by atoms with Crippen molar-refractivity contribution in [2.45, 2.75) is 6.42 Å². The van der Waals surface area contributed by atoms with Crippen molar-refractivity contribution in [3.63, 3.8) is 0 Å². The van der Waals surface area contributed by atoms with Crippen LogP contribution in [0.2, 0.25) is 0 Å². The Morgan fingerprint density at radius 3 is 2.68 bits per heavy atom. The van der Waals surface area contributed by atoms with Gasteiger partial charge in [0.1, 0.15) is 5.41 Å². The number of fused-ring (bicyclic) bond motifs is 7. The van der Waals surface area contributed by atoms with Crippen LogP contribution in [-0.2, 0) is 4.79 Å². The fourth-order valence-corrected chi connectivity index (χ4v) is 4.19. The van der Waals surface area contributed by atoms with Crippen molar-refractivity contribution in [3.8, 4) is 0 Å². The van der Waals surface area contributed by atoms with Crippen LogP contribution in [0.4, 0.5) is 0 Å². The Kier molecular flexibility index (Phi) is 2.81. The van der Waals surface area contributed by atoms with E-state index in [1.54, 1.807) is 0 Å². The van der Waals surface area contributed by atoms with Gasteiger partial charge in [-0.15, -0.1) is 0 Å². The molecule has 0 saturated carbocycles. The minimum atomic E-state index is -0.938. The second-order valence-corrected chi connectivity index (χ2v) is 6.73. The molecule has 2 nitrogen and oxygen atoms in total. The largest absolute Gasteiger partial charge is 0.480 e. The molecule has 0 aromatic heterocycles. The van der Waals surface area contributed by atoms with Crippen LogP contribution < -0.4 is 0 Å². The molecule has 0 spiro atoms. The highest BCUT2D eigenvalue weighted by Crippen LogP contribution is 2.49. The van der Waals surface area contributed by atoms with Crippen LogP contribution >= 0.6 is 0 Å². The minimum absolute atomic E-state index is 0.500. The van der Waals surface area contributed by atoms with Crippen molar-refractivity contribution in [2.24, 2.45) is 5.41 Å².